The van der Waals surface area contributed by atoms with Gasteiger partial charge in [0.1, 0.15) is 0 Å². The van der Waals surface area contributed by atoms with Crippen LogP contribution in [-0.4, -0.2) is 9.97 Å². The van der Waals surface area contributed by atoms with Crippen LogP contribution in [-0.2, 0) is 0 Å². The molecule has 5 aromatic carbocycles. The molecular weight excluding hydrogens is 436 g/mol. The number of benzene rings is 5. The van der Waals surface area contributed by atoms with E-state index in [2.05, 4.69) is 91.6 Å². The van der Waals surface area contributed by atoms with Gasteiger partial charge in [0.15, 0.2) is 0 Å². The quantitative estimate of drug-likeness (QED) is 0.229. The molecule has 0 unspecified atom stereocenters. The SMILES string of the molecule is Cc1ccc2c(c1)c(-c1cncc3ccccc13)cc1c3ccc(C)c4c3c(cc21)-c1ncccc1-4. The zero-order chi connectivity index (χ0) is 24.0. The first-order valence-corrected chi connectivity index (χ1v) is 12.4. The van der Waals surface area contributed by atoms with Crippen molar-refractivity contribution in [1.29, 1.82) is 0 Å². The molecule has 0 saturated heterocycles. The maximum Gasteiger partial charge on any atom is 0.0787 e. The van der Waals surface area contributed by atoms with Gasteiger partial charge in [-0.2, -0.15) is 0 Å². The van der Waals surface area contributed by atoms with E-state index in [1.165, 1.54) is 76.6 Å². The zero-order valence-corrected chi connectivity index (χ0v) is 20.1. The molecule has 0 spiro atoms. The van der Waals surface area contributed by atoms with Gasteiger partial charge in [0.2, 0.25) is 0 Å². The summed E-state index contributed by atoms with van der Waals surface area (Å²) >= 11 is 0. The molecule has 0 aliphatic heterocycles. The Kier molecular flexibility index (Phi) is 3.83. The Balaban J connectivity index is 1.60. The average Bonchev–Trinajstić information content (AvgIpc) is 3.25. The highest BCUT2D eigenvalue weighted by molar-refractivity contribution is 6.29. The number of rotatable bonds is 1. The Morgan fingerprint density at radius 2 is 1.39 bits per heavy atom. The van der Waals surface area contributed by atoms with E-state index in [0.29, 0.717) is 0 Å². The van der Waals surface area contributed by atoms with Gasteiger partial charge in [0.25, 0.3) is 0 Å². The van der Waals surface area contributed by atoms with Gasteiger partial charge in [0.05, 0.1) is 5.69 Å². The number of fused-ring (bicyclic) bond motifs is 8. The van der Waals surface area contributed by atoms with Crippen molar-refractivity contribution in [2.75, 3.05) is 0 Å². The van der Waals surface area contributed by atoms with E-state index in [0.717, 1.165) is 11.1 Å². The first-order chi connectivity index (χ1) is 17.7. The van der Waals surface area contributed by atoms with Crippen molar-refractivity contribution in [3.63, 3.8) is 0 Å². The Bertz CT molecular complexity index is 2060. The highest BCUT2D eigenvalue weighted by Crippen LogP contribution is 2.51. The Morgan fingerprint density at radius 1 is 0.556 bits per heavy atom. The van der Waals surface area contributed by atoms with E-state index >= 15 is 0 Å². The third-order valence-electron chi connectivity index (χ3n) is 7.89. The van der Waals surface area contributed by atoms with Crippen molar-refractivity contribution >= 4 is 43.1 Å². The van der Waals surface area contributed by atoms with E-state index < -0.39 is 0 Å². The molecule has 36 heavy (non-hydrogen) atoms. The molecule has 2 heteroatoms. The largest absolute Gasteiger partial charge is 0.263 e. The van der Waals surface area contributed by atoms with Crippen molar-refractivity contribution in [1.82, 2.24) is 9.97 Å². The topological polar surface area (TPSA) is 25.8 Å². The summed E-state index contributed by atoms with van der Waals surface area (Å²) in [6.45, 7) is 4.38. The second-order valence-corrected chi connectivity index (χ2v) is 9.98. The highest BCUT2D eigenvalue weighted by atomic mass is 14.7. The number of aromatic nitrogens is 2. The molecule has 7 aromatic rings. The predicted octanol–water partition coefficient (Wildman–Crippen LogP) is 9.02. The molecule has 0 atom stereocenters. The second-order valence-electron chi connectivity index (χ2n) is 9.98. The molecule has 1 aliphatic carbocycles. The van der Waals surface area contributed by atoms with Gasteiger partial charge in [-0.25, -0.2) is 0 Å². The van der Waals surface area contributed by atoms with Crippen LogP contribution in [0.3, 0.4) is 0 Å². The summed E-state index contributed by atoms with van der Waals surface area (Å²) in [6.07, 6.45) is 5.89. The van der Waals surface area contributed by atoms with Crippen LogP contribution >= 0.6 is 0 Å². The van der Waals surface area contributed by atoms with E-state index in [4.69, 9.17) is 4.98 Å². The third-order valence-corrected chi connectivity index (χ3v) is 7.89. The van der Waals surface area contributed by atoms with E-state index in [1.807, 2.05) is 24.7 Å². The summed E-state index contributed by atoms with van der Waals surface area (Å²) in [5, 5.41) is 10.1. The highest BCUT2D eigenvalue weighted by Gasteiger charge is 2.26. The van der Waals surface area contributed by atoms with Gasteiger partial charge < -0.3 is 0 Å². The molecule has 2 heterocycles. The smallest absolute Gasteiger partial charge is 0.0787 e. The van der Waals surface area contributed by atoms with E-state index in [9.17, 15) is 0 Å². The fourth-order valence-corrected chi connectivity index (χ4v) is 6.28. The fraction of sp³-hybridized carbons (Fsp3) is 0.0588. The van der Waals surface area contributed by atoms with Gasteiger partial charge in [-0.05, 0) is 86.4 Å². The summed E-state index contributed by atoms with van der Waals surface area (Å²) in [7, 11) is 0. The number of hydrogen-bond donors (Lipinski definition) is 0. The van der Waals surface area contributed by atoms with Gasteiger partial charge in [-0.15, -0.1) is 0 Å². The molecule has 0 saturated carbocycles. The molecule has 168 valence electrons. The van der Waals surface area contributed by atoms with Gasteiger partial charge in [-0.1, -0.05) is 66.2 Å². The van der Waals surface area contributed by atoms with Crippen LogP contribution in [0, 0.1) is 13.8 Å². The lowest BCUT2D eigenvalue weighted by Gasteiger charge is -2.16. The van der Waals surface area contributed by atoms with Gasteiger partial charge >= 0.3 is 0 Å². The van der Waals surface area contributed by atoms with Crippen LogP contribution in [0.25, 0.3) is 76.6 Å². The summed E-state index contributed by atoms with van der Waals surface area (Å²) < 4.78 is 0. The minimum Gasteiger partial charge on any atom is -0.263 e. The molecule has 0 amide bonds. The van der Waals surface area contributed by atoms with Gasteiger partial charge in [-0.3, -0.25) is 9.97 Å². The summed E-state index contributed by atoms with van der Waals surface area (Å²) in [4.78, 5) is 9.46. The molecule has 0 N–H and O–H groups in total. The van der Waals surface area contributed by atoms with E-state index in [-0.39, 0.29) is 0 Å². The molecule has 0 bridgehead atoms. The molecular formula is C34H22N2. The van der Waals surface area contributed by atoms with Crippen LogP contribution in [0.1, 0.15) is 11.1 Å². The molecule has 8 rings (SSSR count). The molecule has 0 radical (unpaired) electrons. The number of pyridine rings is 2. The first-order valence-electron chi connectivity index (χ1n) is 12.4. The number of hydrogen-bond acceptors (Lipinski definition) is 2. The lowest BCUT2D eigenvalue weighted by atomic mass is 9.87. The van der Waals surface area contributed by atoms with Crippen molar-refractivity contribution < 1.29 is 0 Å². The van der Waals surface area contributed by atoms with Crippen molar-refractivity contribution in [2.24, 2.45) is 0 Å². The molecule has 0 fully saturated rings. The monoisotopic (exact) mass is 458 g/mol. The van der Waals surface area contributed by atoms with Crippen LogP contribution < -0.4 is 0 Å². The molecule has 2 nitrogen and oxygen atoms in total. The predicted molar refractivity (Wildman–Crippen MR) is 151 cm³/mol. The van der Waals surface area contributed by atoms with Crippen molar-refractivity contribution in [2.45, 2.75) is 13.8 Å². The average molecular weight is 459 g/mol. The lowest BCUT2D eigenvalue weighted by Crippen LogP contribution is -1.90. The Morgan fingerprint density at radius 3 is 2.33 bits per heavy atom. The van der Waals surface area contributed by atoms with Crippen molar-refractivity contribution in [3.05, 3.63) is 109 Å². The van der Waals surface area contributed by atoms with Gasteiger partial charge in [0, 0.05) is 40.7 Å². The summed E-state index contributed by atoms with van der Waals surface area (Å²) in [5.74, 6) is 0. The summed E-state index contributed by atoms with van der Waals surface area (Å²) in [6, 6.07) is 29.0. The first kappa shape index (κ1) is 19.7. The zero-order valence-electron chi connectivity index (χ0n) is 20.1. The van der Waals surface area contributed by atoms with Crippen LogP contribution in [0.4, 0.5) is 0 Å². The minimum atomic E-state index is 1.09. The molecule has 2 aromatic heterocycles. The third kappa shape index (κ3) is 2.51. The van der Waals surface area contributed by atoms with Crippen molar-refractivity contribution in [3.8, 4) is 33.5 Å². The number of nitrogens with zero attached hydrogens (tertiary/aromatic N) is 2. The lowest BCUT2D eigenvalue weighted by molar-refractivity contribution is 1.34. The Labute approximate surface area is 208 Å². The maximum absolute atomic E-state index is 4.83. The normalized spacial score (nSPS) is 12.2. The van der Waals surface area contributed by atoms with E-state index in [1.54, 1.807) is 0 Å². The number of aryl methyl sites for hydroxylation is 2. The van der Waals surface area contributed by atoms with Crippen LogP contribution in [0.15, 0.2) is 97.5 Å². The second kappa shape index (κ2) is 6.99. The Hall–Kier alpha value is -4.56. The summed E-state index contributed by atoms with van der Waals surface area (Å²) in [5.41, 5.74) is 9.86. The standard InChI is InChI=1S/C34H22N2/c1-19-9-11-23-26(14-19)29(31-18-35-17-21-6-3-4-7-22(21)31)15-28-24-12-10-20(2)32-25-8-5-13-36-34(25)30(33(24)32)16-27(23)28/h3-18H,1-2H3. The van der Waals surface area contributed by atoms with Crippen LogP contribution in [0.2, 0.25) is 0 Å². The fourth-order valence-electron chi connectivity index (χ4n) is 6.28. The minimum absolute atomic E-state index is 1.09. The molecule has 1 aliphatic rings. The maximum atomic E-state index is 4.83. The van der Waals surface area contributed by atoms with Crippen LogP contribution in [0.5, 0.6) is 0 Å².